The molecule has 2 rings (SSSR count). The average molecular weight is 351 g/mol. The second-order valence-corrected chi connectivity index (χ2v) is 6.61. The highest BCUT2D eigenvalue weighted by Gasteiger charge is 2.15. The van der Waals surface area contributed by atoms with Gasteiger partial charge in [0.2, 0.25) is 16.9 Å². The third kappa shape index (κ3) is 5.02. The monoisotopic (exact) mass is 351 g/mol. The number of nitrogens with zero attached hydrogens (tertiary/aromatic N) is 3. The van der Waals surface area contributed by atoms with Crippen LogP contribution in [0.1, 0.15) is 39.5 Å². The summed E-state index contributed by atoms with van der Waals surface area (Å²) in [6.07, 6.45) is 6.17. The molecule has 0 aliphatic carbocycles. The number of aromatic nitrogens is 3. The molecule has 2 heterocycles. The molecule has 2 aromatic rings. The first-order chi connectivity index (χ1) is 11.7. The molecule has 132 valence electrons. The number of nitrogen functional groups attached to an aromatic ring is 1. The van der Waals surface area contributed by atoms with Gasteiger partial charge in [-0.2, -0.15) is 0 Å². The van der Waals surface area contributed by atoms with Crippen LogP contribution in [0.2, 0.25) is 0 Å². The lowest BCUT2D eigenvalue weighted by atomic mass is 9.99. The number of rotatable bonds is 10. The van der Waals surface area contributed by atoms with E-state index in [1.54, 1.807) is 18.4 Å². The Hall–Kier alpha value is -1.96. The molecular weight excluding hydrogens is 326 g/mol. The number of carbonyl (C=O) groups excluding carboxylic acids is 1. The summed E-state index contributed by atoms with van der Waals surface area (Å²) in [5, 5.41) is 11.5. The van der Waals surface area contributed by atoms with Gasteiger partial charge in [0.15, 0.2) is 5.76 Å². The zero-order valence-corrected chi connectivity index (χ0v) is 15.0. The van der Waals surface area contributed by atoms with Crippen LogP contribution >= 0.6 is 11.8 Å². The Morgan fingerprint density at radius 2 is 2.29 bits per heavy atom. The lowest BCUT2D eigenvalue weighted by Gasteiger charge is -2.15. The first-order valence-corrected chi connectivity index (χ1v) is 9.28. The van der Waals surface area contributed by atoms with E-state index in [0.717, 1.165) is 19.4 Å². The van der Waals surface area contributed by atoms with Crippen molar-refractivity contribution in [2.24, 2.45) is 5.92 Å². The largest absolute Gasteiger partial charge is 0.461 e. The molecule has 2 aromatic heterocycles. The van der Waals surface area contributed by atoms with Gasteiger partial charge < -0.3 is 15.6 Å². The number of hydrogen-bond acceptors (Lipinski definition) is 6. The summed E-state index contributed by atoms with van der Waals surface area (Å²) in [5.41, 5.74) is 0. The van der Waals surface area contributed by atoms with Crippen LogP contribution in [0.15, 0.2) is 28.0 Å². The smallest absolute Gasteiger partial charge is 0.230 e. The Labute approximate surface area is 146 Å². The first-order valence-electron chi connectivity index (χ1n) is 8.29. The Balaban J connectivity index is 1.80. The van der Waals surface area contributed by atoms with Gasteiger partial charge in [0.05, 0.1) is 12.0 Å². The van der Waals surface area contributed by atoms with E-state index in [-0.39, 0.29) is 11.7 Å². The van der Waals surface area contributed by atoms with E-state index in [1.165, 1.54) is 29.3 Å². The molecule has 1 atom stereocenters. The highest BCUT2D eigenvalue weighted by molar-refractivity contribution is 7.99. The Morgan fingerprint density at radius 3 is 2.96 bits per heavy atom. The Morgan fingerprint density at radius 1 is 1.46 bits per heavy atom. The predicted molar refractivity (Wildman–Crippen MR) is 94.9 cm³/mol. The van der Waals surface area contributed by atoms with E-state index < -0.39 is 0 Å². The minimum atomic E-state index is -0.0162. The fourth-order valence-corrected chi connectivity index (χ4v) is 3.02. The fraction of sp³-hybridized carbons (Fsp3) is 0.562. The van der Waals surface area contributed by atoms with Gasteiger partial charge >= 0.3 is 0 Å². The van der Waals surface area contributed by atoms with Gasteiger partial charge in [0, 0.05) is 6.54 Å². The van der Waals surface area contributed by atoms with Crippen molar-refractivity contribution in [3.05, 3.63) is 18.4 Å². The molecule has 0 fully saturated rings. The molecule has 0 aromatic carbocycles. The summed E-state index contributed by atoms with van der Waals surface area (Å²) in [6.45, 7) is 5.07. The number of hydrogen-bond donors (Lipinski definition) is 2. The average Bonchev–Trinajstić information content (AvgIpc) is 3.23. The molecule has 0 spiro atoms. The van der Waals surface area contributed by atoms with Crippen LogP contribution in [0.25, 0.3) is 11.6 Å². The van der Waals surface area contributed by atoms with Crippen molar-refractivity contribution in [2.45, 2.75) is 44.7 Å². The molecule has 1 amide bonds. The van der Waals surface area contributed by atoms with Gasteiger partial charge in [-0.1, -0.05) is 44.9 Å². The molecule has 0 bridgehead atoms. The van der Waals surface area contributed by atoms with E-state index in [4.69, 9.17) is 10.3 Å². The number of nitrogens with one attached hydrogen (secondary N) is 1. The maximum Gasteiger partial charge on any atom is 0.230 e. The number of amides is 1. The number of thioether (sulfide) groups is 1. The summed E-state index contributed by atoms with van der Waals surface area (Å²) in [5.74, 6) is 7.73. The predicted octanol–water partition coefficient (Wildman–Crippen LogP) is 2.68. The summed E-state index contributed by atoms with van der Waals surface area (Å²) in [7, 11) is 0. The molecule has 0 aliphatic rings. The number of nitrogens with two attached hydrogens (primary N) is 1. The first kappa shape index (κ1) is 18.4. The second-order valence-electron chi connectivity index (χ2n) is 5.66. The van der Waals surface area contributed by atoms with Crippen molar-refractivity contribution in [2.75, 3.05) is 18.1 Å². The van der Waals surface area contributed by atoms with Crippen molar-refractivity contribution in [1.29, 1.82) is 0 Å². The standard InChI is InChI=1S/C16H25N5O2S/c1-3-5-7-12(4-2)10-18-14(22)11-24-16-20-19-15(21(16)17)13-8-6-9-23-13/h6,8-9,12H,3-5,7,10-11,17H2,1-2H3,(H,18,22)/t12-/m1/s1. The van der Waals surface area contributed by atoms with Crippen molar-refractivity contribution in [3.63, 3.8) is 0 Å². The molecular formula is C16H25N5O2S. The van der Waals surface area contributed by atoms with Crippen LogP contribution in [0.4, 0.5) is 0 Å². The molecule has 0 saturated heterocycles. The molecule has 0 unspecified atom stereocenters. The number of carbonyl (C=O) groups is 1. The van der Waals surface area contributed by atoms with Crippen molar-refractivity contribution < 1.29 is 9.21 Å². The molecule has 0 aliphatic heterocycles. The van der Waals surface area contributed by atoms with Gasteiger partial charge in [-0.25, -0.2) is 4.68 Å². The third-order valence-corrected chi connectivity index (χ3v) is 4.81. The zero-order chi connectivity index (χ0) is 17.4. The Bertz CT molecular complexity index is 626. The van der Waals surface area contributed by atoms with Crippen LogP contribution < -0.4 is 11.2 Å². The van der Waals surface area contributed by atoms with Crippen LogP contribution in [-0.4, -0.2) is 33.1 Å². The highest BCUT2D eigenvalue weighted by atomic mass is 32.2. The van der Waals surface area contributed by atoms with Gasteiger partial charge in [0.1, 0.15) is 0 Å². The van der Waals surface area contributed by atoms with Crippen molar-refractivity contribution in [3.8, 4) is 11.6 Å². The summed E-state index contributed by atoms with van der Waals surface area (Å²) in [4.78, 5) is 12.0. The quantitative estimate of drug-likeness (QED) is 0.504. The highest BCUT2D eigenvalue weighted by Crippen LogP contribution is 2.21. The Kier molecular flexibility index (Phi) is 7.17. The van der Waals surface area contributed by atoms with Crippen LogP contribution in [-0.2, 0) is 4.79 Å². The maximum absolute atomic E-state index is 12.0. The number of unbranched alkanes of at least 4 members (excludes halogenated alkanes) is 1. The zero-order valence-electron chi connectivity index (χ0n) is 14.2. The van der Waals surface area contributed by atoms with E-state index in [9.17, 15) is 4.79 Å². The van der Waals surface area contributed by atoms with E-state index in [0.29, 0.717) is 22.7 Å². The fourth-order valence-electron chi connectivity index (χ4n) is 2.33. The lowest BCUT2D eigenvalue weighted by molar-refractivity contribution is -0.118. The molecule has 8 heteroatoms. The van der Waals surface area contributed by atoms with Crippen molar-refractivity contribution in [1.82, 2.24) is 20.2 Å². The maximum atomic E-state index is 12.0. The van der Waals surface area contributed by atoms with Crippen molar-refractivity contribution >= 4 is 17.7 Å². The molecule has 0 saturated carbocycles. The van der Waals surface area contributed by atoms with Gasteiger partial charge in [-0.15, -0.1) is 10.2 Å². The minimum absolute atomic E-state index is 0.0162. The summed E-state index contributed by atoms with van der Waals surface area (Å²) in [6, 6.07) is 3.52. The summed E-state index contributed by atoms with van der Waals surface area (Å²) < 4.78 is 6.60. The topological polar surface area (TPSA) is 99.0 Å². The lowest BCUT2D eigenvalue weighted by Crippen LogP contribution is -2.30. The van der Waals surface area contributed by atoms with E-state index >= 15 is 0 Å². The van der Waals surface area contributed by atoms with E-state index in [1.807, 2.05) is 0 Å². The molecule has 3 N–H and O–H groups in total. The van der Waals surface area contributed by atoms with Gasteiger partial charge in [-0.05, 0) is 24.5 Å². The molecule has 0 radical (unpaired) electrons. The van der Waals surface area contributed by atoms with Crippen LogP contribution in [0.5, 0.6) is 0 Å². The molecule has 24 heavy (non-hydrogen) atoms. The normalized spacial score (nSPS) is 12.2. The van der Waals surface area contributed by atoms with Gasteiger partial charge in [0.25, 0.3) is 0 Å². The van der Waals surface area contributed by atoms with Gasteiger partial charge in [-0.3, -0.25) is 4.79 Å². The van der Waals surface area contributed by atoms with Crippen LogP contribution in [0.3, 0.4) is 0 Å². The SMILES string of the molecule is CCCC[C@@H](CC)CNC(=O)CSc1nnc(-c2ccco2)n1N. The molecule has 7 nitrogen and oxygen atoms in total. The third-order valence-electron chi connectivity index (χ3n) is 3.87. The minimum Gasteiger partial charge on any atom is -0.461 e. The van der Waals surface area contributed by atoms with E-state index in [2.05, 4.69) is 29.4 Å². The summed E-state index contributed by atoms with van der Waals surface area (Å²) >= 11 is 1.26. The number of furan rings is 1. The second kappa shape index (κ2) is 9.36. The van der Waals surface area contributed by atoms with Crippen LogP contribution in [0, 0.1) is 5.92 Å².